The molecule has 0 bridgehead atoms. The van der Waals surface area contributed by atoms with E-state index in [2.05, 4.69) is 5.32 Å². The Morgan fingerprint density at radius 2 is 2.05 bits per heavy atom. The van der Waals surface area contributed by atoms with Crippen molar-refractivity contribution < 1.29 is 18.7 Å². The molecule has 1 aromatic carbocycles. The van der Waals surface area contributed by atoms with Crippen molar-refractivity contribution in [2.45, 2.75) is 37.8 Å². The van der Waals surface area contributed by atoms with Gasteiger partial charge in [-0.1, -0.05) is 12.8 Å². The third kappa shape index (κ3) is 2.24. The topological polar surface area (TPSA) is 58.6 Å². The first-order valence-electron chi connectivity index (χ1n) is 7.02. The average Bonchev–Trinajstić information content (AvgIpc) is 3.01. The molecule has 21 heavy (non-hydrogen) atoms. The molecule has 0 unspecified atom stereocenters. The number of rotatable bonds is 3. The van der Waals surface area contributed by atoms with Gasteiger partial charge in [-0.05, 0) is 31.0 Å². The van der Waals surface area contributed by atoms with Gasteiger partial charge < -0.3 is 10.1 Å². The Morgan fingerprint density at radius 3 is 2.71 bits per heavy atom. The van der Waals surface area contributed by atoms with E-state index in [1.165, 1.54) is 25.3 Å². The zero-order valence-electron chi connectivity index (χ0n) is 11.8. The zero-order valence-corrected chi connectivity index (χ0v) is 11.8. The van der Waals surface area contributed by atoms with E-state index in [9.17, 15) is 14.0 Å². The van der Waals surface area contributed by atoms with Crippen LogP contribution in [0.15, 0.2) is 18.2 Å². The second-order valence-corrected chi connectivity index (χ2v) is 5.57. The SMILES string of the molecule is COc1ccc(F)cc1CN1C(=O)NC2(CCCC2)C1=O. The van der Waals surface area contributed by atoms with E-state index in [4.69, 9.17) is 4.74 Å². The molecule has 2 aliphatic rings. The lowest BCUT2D eigenvalue weighted by Crippen LogP contribution is -2.44. The summed E-state index contributed by atoms with van der Waals surface area (Å²) in [7, 11) is 1.47. The Labute approximate surface area is 122 Å². The normalized spacial score (nSPS) is 20.2. The number of nitrogens with one attached hydrogen (secondary N) is 1. The number of methoxy groups -OCH3 is 1. The number of nitrogens with zero attached hydrogens (tertiary/aromatic N) is 1. The number of carbonyl (C=O) groups excluding carboxylic acids is 2. The summed E-state index contributed by atoms with van der Waals surface area (Å²) >= 11 is 0. The maximum absolute atomic E-state index is 13.4. The van der Waals surface area contributed by atoms with Crippen LogP contribution in [0.2, 0.25) is 0 Å². The molecule has 0 aromatic heterocycles. The highest BCUT2D eigenvalue weighted by molar-refractivity contribution is 6.07. The smallest absolute Gasteiger partial charge is 0.325 e. The standard InChI is InChI=1S/C15H17FN2O3/c1-21-12-5-4-11(16)8-10(12)9-18-13(19)15(17-14(18)20)6-2-3-7-15/h4-5,8H,2-3,6-7,9H2,1H3,(H,17,20). The number of hydrogen-bond acceptors (Lipinski definition) is 3. The van der Waals surface area contributed by atoms with E-state index in [1.54, 1.807) is 0 Å². The summed E-state index contributed by atoms with van der Waals surface area (Å²) in [6.45, 7) is 0.0212. The van der Waals surface area contributed by atoms with Crippen LogP contribution < -0.4 is 10.1 Å². The lowest BCUT2D eigenvalue weighted by atomic mass is 9.98. The highest BCUT2D eigenvalue weighted by Crippen LogP contribution is 2.36. The molecular weight excluding hydrogens is 275 g/mol. The quantitative estimate of drug-likeness (QED) is 0.869. The molecule has 1 N–H and O–H groups in total. The highest BCUT2D eigenvalue weighted by atomic mass is 19.1. The number of ether oxygens (including phenoxy) is 1. The maximum atomic E-state index is 13.4. The van der Waals surface area contributed by atoms with Gasteiger partial charge >= 0.3 is 6.03 Å². The van der Waals surface area contributed by atoms with Gasteiger partial charge in [-0.25, -0.2) is 9.18 Å². The fraction of sp³-hybridized carbons (Fsp3) is 0.467. The van der Waals surface area contributed by atoms with Gasteiger partial charge in [-0.3, -0.25) is 9.69 Å². The van der Waals surface area contributed by atoms with E-state index in [1.807, 2.05) is 0 Å². The van der Waals surface area contributed by atoms with Crippen LogP contribution in [-0.2, 0) is 11.3 Å². The van der Waals surface area contributed by atoms with Crippen LogP contribution in [0.4, 0.5) is 9.18 Å². The summed E-state index contributed by atoms with van der Waals surface area (Å²) < 4.78 is 18.5. The van der Waals surface area contributed by atoms with Crippen LogP contribution in [0.1, 0.15) is 31.2 Å². The lowest BCUT2D eigenvalue weighted by Gasteiger charge is -2.20. The Morgan fingerprint density at radius 1 is 1.33 bits per heavy atom. The summed E-state index contributed by atoms with van der Waals surface area (Å²) in [4.78, 5) is 25.8. The highest BCUT2D eigenvalue weighted by Gasteiger charge is 2.52. The van der Waals surface area contributed by atoms with Crippen molar-refractivity contribution in [3.63, 3.8) is 0 Å². The fourth-order valence-electron chi connectivity index (χ4n) is 3.18. The minimum Gasteiger partial charge on any atom is -0.496 e. The number of urea groups is 1. The molecule has 0 radical (unpaired) electrons. The van der Waals surface area contributed by atoms with Crippen molar-refractivity contribution in [2.24, 2.45) is 0 Å². The van der Waals surface area contributed by atoms with Crippen molar-refractivity contribution >= 4 is 11.9 Å². The predicted molar refractivity (Wildman–Crippen MR) is 73.2 cm³/mol. The Hall–Kier alpha value is -2.11. The Balaban J connectivity index is 1.86. The number of benzene rings is 1. The lowest BCUT2D eigenvalue weighted by molar-refractivity contribution is -0.131. The van der Waals surface area contributed by atoms with E-state index >= 15 is 0 Å². The molecular formula is C15H17FN2O3. The molecule has 5 nitrogen and oxygen atoms in total. The first-order valence-corrected chi connectivity index (χ1v) is 7.02. The van der Waals surface area contributed by atoms with Gasteiger partial charge in [0.2, 0.25) is 0 Å². The first kappa shape index (κ1) is 13.9. The molecule has 3 rings (SSSR count). The molecule has 112 valence electrons. The Bertz CT molecular complexity index is 597. The summed E-state index contributed by atoms with van der Waals surface area (Å²) in [5.41, 5.74) is -0.256. The van der Waals surface area contributed by atoms with Crippen molar-refractivity contribution in [3.05, 3.63) is 29.6 Å². The molecule has 2 fully saturated rings. The molecule has 1 aromatic rings. The van der Waals surface area contributed by atoms with Crippen LogP contribution >= 0.6 is 0 Å². The minimum absolute atomic E-state index is 0.0212. The van der Waals surface area contributed by atoms with E-state index < -0.39 is 17.4 Å². The molecule has 1 aliphatic carbocycles. The average molecular weight is 292 g/mol. The molecule has 0 atom stereocenters. The van der Waals surface area contributed by atoms with E-state index in [0.717, 1.165) is 17.7 Å². The first-order chi connectivity index (χ1) is 10.1. The van der Waals surface area contributed by atoms with Crippen molar-refractivity contribution in [1.82, 2.24) is 10.2 Å². The monoisotopic (exact) mass is 292 g/mol. The summed E-state index contributed by atoms with van der Waals surface area (Å²) in [6.07, 6.45) is 3.22. The van der Waals surface area contributed by atoms with Crippen LogP contribution in [0.25, 0.3) is 0 Å². The molecule has 3 amide bonds. The second kappa shape index (κ2) is 5.02. The van der Waals surface area contributed by atoms with Gasteiger partial charge in [0.05, 0.1) is 13.7 Å². The van der Waals surface area contributed by atoms with Crippen molar-refractivity contribution in [3.8, 4) is 5.75 Å². The zero-order chi connectivity index (χ0) is 15.0. The molecule has 6 heteroatoms. The number of carbonyl (C=O) groups is 2. The molecule has 1 saturated heterocycles. The van der Waals surface area contributed by atoms with Gasteiger partial charge in [0, 0.05) is 5.56 Å². The van der Waals surface area contributed by atoms with Crippen LogP contribution in [0, 0.1) is 5.82 Å². The number of imide groups is 1. The van der Waals surface area contributed by atoms with Crippen LogP contribution in [0.5, 0.6) is 5.75 Å². The summed E-state index contributed by atoms with van der Waals surface area (Å²) in [5, 5.41) is 2.80. The van der Waals surface area contributed by atoms with Gasteiger partial charge in [0.25, 0.3) is 5.91 Å². The van der Waals surface area contributed by atoms with Gasteiger partial charge in [-0.2, -0.15) is 0 Å². The molecule has 1 aliphatic heterocycles. The van der Waals surface area contributed by atoms with Crippen molar-refractivity contribution in [2.75, 3.05) is 7.11 Å². The van der Waals surface area contributed by atoms with E-state index in [0.29, 0.717) is 24.2 Å². The predicted octanol–water partition coefficient (Wildman–Crippen LogP) is 2.20. The van der Waals surface area contributed by atoms with Gasteiger partial charge in [0.1, 0.15) is 17.1 Å². The second-order valence-electron chi connectivity index (χ2n) is 5.57. The fourth-order valence-corrected chi connectivity index (χ4v) is 3.18. The number of amides is 3. The van der Waals surface area contributed by atoms with E-state index in [-0.39, 0.29) is 12.5 Å². The summed E-state index contributed by atoms with van der Waals surface area (Å²) in [5.74, 6) is -0.172. The number of hydrogen-bond donors (Lipinski definition) is 1. The molecule has 1 saturated carbocycles. The molecule has 1 spiro atoms. The van der Waals surface area contributed by atoms with Crippen LogP contribution in [-0.4, -0.2) is 29.5 Å². The molecule has 1 heterocycles. The maximum Gasteiger partial charge on any atom is 0.325 e. The largest absolute Gasteiger partial charge is 0.496 e. The van der Waals surface area contributed by atoms with Crippen LogP contribution in [0.3, 0.4) is 0 Å². The van der Waals surface area contributed by atoms with Gasteiger partial charge in [-0.15, -0.1) is 0 Å². The minimum atomic E-state index is -0.738. The van der Waals surface area contributed by atoms with Crippen molar-refractivity contribution in [1.29, 1.82) is 0 Å². The summed E-state index contributed by atoms with van der Waals surface area (Å²) in [6, 6.07) is 3.66. The third-order valence-electron chi connectivity index (χ3n) is 4.27. The Kier molecular flexibility index (Phi) is 3.31. The van der Waals surface area contributed by atoms with Gasteiger partial charge in [0.15, 0.2) is 0 Å². The third-order valence-corrected chi connectivity index (χ3v) is 4.27. The number of halogens is 1.